The van der Waals surface area contributed by atoms with E-state index in [2.05, 4.69) is 58.1 Å². The van der Waals surface area contributed by atoms with Crippen LogP contribution in [-0.2, 0) is 19.6 Å². The molecule has 132 valence electrons. The number of aliphatic imine (C=N–C) groups is 1. The van der Waals surface area contributed by atoms with Crippen molar-refractivity contribution in [3.8, 4) is 0 Å². The van der Waals surface area contributed by atoms with Gasteiger partial charge in [0, 0.05) is 25.5 Å². The number of halogens is 1. The molecule has 0 radical (unpaired) electrons. The van der Waals surface area contributed by atoms with Gasteiger partial charge in [0.15, 0.2) is 5.96 Å². The Morgan fingerprint density at radius 1 is 1.21 bits per heavy atom. The van der Waals surface area contributed by atoms with Gasteiger partial charge in [-0.15, -0.1) is 24.0 Å². The average Bonchev–Trinajstić information content (AvgIpc) is 2.97. The molecule has 0 saturated carbocycles. The Hall–Kier alpha value is -1.57. The maximum Gasteiger partial charge on any atom is 0.191 e. The number of nitrogens with zero attached hydrogens (tertiary/aromatic N) is 3. The molecule has 0 saturated heterocycles. The van der Waals surface area contributed by atoms with E-state index < -0.39 is 0 Å². The van der Waals surface area contributed by atoms with Crippen LogP contribution in [0.1, 0.15) is 32.2 Å². The summed E-state index contributed by atoms with van der Waals surface area (Å²) in [5.74, 6) is 2.45. The van der Waals surface area contributed by atoms with Crippen molar-refractivity contribution in [1.82, 2.24) is 20.2 Å². The second kappa shape index (κ2) is 11.1. The van der Waals surface area contributed by atoms with Crippen LogP contribution in [0.4, 0.5) is 0 Å². The number of imidazole rings is 1. The van der Waals surface area contributed by atoms with Crippen LogP contribution in [0.25, 0.3) is 0 Å². The quantitative estimate of drug-likeness (QED) is 0.394. The summed E-state index contributed by atoms with van der Waals surface area (Å²) >= 11 is 0. The molecule has 0 spiro atoms. The van der Waals surface area contributed by atoms with Crippen LogP contribution in [0.15, 0.2) is 47.7 Å². The van der Waals surface area contributed by atoms with Crippen LogP contribution >= 0.6 is 24.0 Å². The normalized spacial score (nSPS) is 11.2. The molecule has 24 heavy (non-hydrogen) atoms. The van der Waals surface area contributed by atoms with Crippen molar-refractivity contribution >= 4 is 29.9 Å². The Kier molecular flexibility index (Phi) is 9.44. The number of hydrogen-bond acceptors (Lipinski definition) is 2. The first-order valence-corrected chi connectivity index (χ1v) is 8.25. The van der Waals surface area contributed by atoms with E-state index in [0.29, 0.717) is 19.0 Å². The molecule has 0 unspecified atom stereocenters. The number of guanidine groups is 1. The lowest BCUT2D eigenvalue weighted by atomic mass is 10.2. The standard InChI is InChI=1S/C18H27N5.HI/c1-4-19-18(21-12-16-8-6-5-7-9-16)22-13-17-20-10-11-23(17)14-15(2)3;/h5-11,15H,4,12-14H2,1-3H3,(H2,19,21,22);1H. The highest BCUT2D eigenvalue weighted by molar-refractivity contribution is 14.0. The zero-order valence-corrected chi connectivity index (χ0v) is 17.0. The maximum absolute atomic E-state index is 4.63. The summed E-state index contributed by atoms with van der Waals surface area (Å²) in [5.41, 5.74) is 1.20. The zero-order chi connectivity index (χ0) is 16.5. The van der Waals surface area contributed by atoms with Crippen molar-refractivity contribution in [2.45, 2.75) is 40.4 Å². The monoisotopic (exact) mass is 441 g/mol. The largest absolute Gasteiger partial charge is 0.357 e. The molecule has 0 atom stereocenters. The second-order valence-corrected chi connectivity index (χ2v) is 5.92. The fraction of sp³-hybridized carbons (Fsp3) is 0.444. The van der Waals surface area contributed by atoms with Gasteiger partial charge in [-0.25, -0.2) is 9.98 Å². The van der Waals surface area contributed by atoms with E-state index >= 15 is 0 Å². The van der Waals surface area contributed by atoms with Gasteiger partial charge in [0.1, 0.15) is 5.82 Å². The van der Waals surface area contributed by atoms with Gasteiger partial charge in [0.05, 0.1) is 13.1 Å². The highest BCUT2D eigenvalue weighted by Crippen LogP contribution is 2.04. The number of hydrogen-bond donors (Lipinski definition) is 2. The summed E-state index contributed by atoms with van der Waals surface area (Å²) in [7, 11) is 0. The Morgan fingerprint density at radius 3 is 2.62 bits per heavy atom. The fourth-order valence-corrected chi connectivity index (χ4v) is 2.33. The van der Waals surface area contributed by atoms with Crippen molar-refractivity contribution in [3.63, 3.8) is 0 Å². The summed E-state index contributed by atoms with van der Waals surface area (Å²) in [6, 6.07) is 10.3. The number of rotatable bonds is 7. The van der Waals surface area contributed by atoms with E-state index in [1.807, 2.05) is 30.6 Å². The molecule has 0 aliphatic heterocycles. The molecule has 1 aromatic heterocycles. The van der Waals surface area contributed by atoms with Crippen LogP contribution in [0, 0.1) is 5.92 Å². The smallest absolute Gasteiger partial charge is 0.191 e. The maximum atomic E-state index is 4.63. The lowest BCUT2D eigenvalue weighted by molar-refractivity contribution is 0.503. The fourth-order valence-electron chi connectivity index (χ4n) is 2.33. The van der Waals surface area contributed by atoms with Crippen molar-refractivity contribution in [3.05, 3.63) is 54.1 Å². The van der Waals surface area contributed by atoms with Gasteiger partial charge >= 0.3 is 0 Å². The minimum Gasteiger partial charge on any atom is -0.357 e. The first-order chi connectivity index (χ1) is 11.2. The van der Waals surface area contributed by atoms with E-state index in [1.54, 1.807) is 0 Å². The van der Waals surface area contributed by atoms with Gasteiger partial charge in [-0.3, -0.25) is 0 Å². The van der Waals surface area contributed by atoms with Gasteiger partial charge in [-0.2, -0.15) is 0 Å². The Morgan fingerprint density at radius 2 is 1.96 bits per heavy atom. The molecule has 1 aromatic carbocycles. The van der Waals surface area contributed by atoms with Gasteiger partial charge in [-0.1, -0.05) is 44.2 Å². The first kappa shape index (κ1) is 20.5. The van der Waals surface area contributed by atoms with Gasteiger partial charge in [-0.05, 0) is 18.4 Å². The summed E-state index contributed by atoms with van der Waals surface area (Å²) in [5, 5.41) is 6.64. The molecule has 0 fully saturated rings. The molecule has 0 aliphatic rings. The van der Waals surface area contributed by atoms with Crippen molar-refractivity contribution in [2.24, 2.45) is 10.9 Å². The SMILES string of the molecule is CCNC(=NCc1ccccc1)NCc1nccn1CC(C)C.I. The number of aromatic nitrogens is 2. The minimum atomic E-state index is 0. The first-order valence-electron chi connectivity index (χ1n) is 8.25. The number of nitrogens with one attached hydrogen (secondary N) is 2. The lowest BCUT2D eigenvalue weighted by Gasteiger charge is -2.13. The predicted molar refractivity (Wildman–Crippen MR) is 111 cm³/mol. The van der Waals surface area contributed by atoms with E-state index in [9.17, 15) is 0 Å². The topological polar surface area (TPSA) is 54.2 Å². The average molecular weight is 441 g/mol. The van der Waals surface area contributed by atoms with Crippen LogP contribution < -0.4 is 10.6 Å². The van der Waals surface area contributed by atoms with Crippen molar-refractivity contribution in [1.29, 1.82) is 0 Å². The zero-order valence-electron chi connectivity index (χ0n) is 14.7. The summed E-state index contributed by atoms with van der Waals surface area (Å²) in [6.07, 6.45) is 3.89. The summed E-state index contributed by atoms with van der Waals surface area (Å²) in [4.78, 5) is 9.07. The molecular formula is C18H28IN5. The Balaban J connectivity index is 0.00000288. The molecule has 2 N–H and O–H groups in total. The molecule has 5 nitrogen and oxygen atoms in total. The molecule has 0 aliphatic carbocycles. The summed E-state index contributed by atoms with van der Waals surface area (Å²) < 4.78 is 2.19. The van der Waals surface area contributed by atoms with Crippen molar-refractivity contribution in [2.75, 3.05) is 6.54 Å². The molecule has 0 amide bonds. The van der Waals surface area contributed by atoms with Gasteiger partial charge < -0.3 is 15.2 Å². The third-order valence-electron chi connectivity index (χ3n) is 3.38. The lowest BCUT2D eigenvalue weighted by Crippen LogP contribution is -2.37. The highest BCUT2D eigenvalue weighted by Gasteiger charge is 2.05. The van der Waals surface area contributed by atoms with Crippen LogP contribution in [0.2, 0.25) is 0 Å². The van der Waals surface area contributed by atoms with E-state index in [1.165, 1.54) is 5.56 Å². The van der Waals surface area contributed by atoms with Crippen LogP contribution in [0.3, 0.4) is 0 Å². The number of benzene rings is 1. The van der Waals surface area contributed by atoms with Crippen LogP contribution in [0.5, 0.6) is 0 Å². The van der Waals surface area contributed by atoms with E-state index in [-0.39, 0.29) is 24.0 Å². The van der Waals surface area contributed by atoms with Crippen molar-refractivity contribution < 1.29 is 0 Å². The minimum absolute atomic E-state index is 0. The van der Waals surface area contributed by atoms with Gasteiger partial charge in [0.2, 0.25) is 0 Å². The third-order valence-corrected chi connectivity index (χ3v) is 3.38. The Bertz CT molecular complexity index is 607. The third kappa shape index (κ3) is 6.90. The van der Waals surface area contributed by atoms with E-state index in [0.717, 1.165) is 24.9 Å². The molecule has 2 aromatic rings. The molecule has 0 bridgehead atoms. The molecule has 1 heterocycles. The van der Waals surface area contributed by atoms with Crippen LogP contribution in [-0.4, -0.2) is 22.1 Å². The van der Waals surface area contributed by atoms with Gasteiger partial charge in [0.25, 0.3) is 0 Å². The van der Waals surface area contributed by atoms with E-state index in [4.69, 9.17) is 0 Å². The molecular weight excluding hydrogens is 413 g/mol. The summed E-state index contributed by atoms with van der Waals surface area (Å²) in [6.45, 7) is 9.64. The predicted octanol–water partition coefficient (Wildman–Crippen LogP) is 3.41. The molecule has 2 rings (SSSR count). The Labute approximate surface area is 162 Å². The molecule has 6 heteroatoms. The second-order valence-electron chi connectivity index (χ2n) is 5.92. The highest BCUT2D eigenvalue weighted by atomic mass is 127.